The largest absolute Gasteiger partial charge is 0.566 e. The molecule has 1 aliphatic heterocycles. The number of ether oxygens (including phenoxy) is 2. The maximum Gasteiger partial charge on any atom is 0.488 e. The van der Waals surface area contributed by atoms with E-state index < -0.39 is 58.7 Å². The lowest BCUT2D eigenvalue weighted by atomic mass is 10.1. The van der Waals surface area contributed by atoms with Gasteiger partial charge in [-0.15, -0.1) is 4.52 Å². The van der Waals surface area contributed by atoms with E-state index in [0.29, 0.717) is 6.54 Å². The molecule has 42 heavy (non-hydrogen) atoms. The van der Waals surface area contributed by atoms with Gasteiger partial charge in [-0.3, -0.25) is 19.1 Å². The summed E-state index contributed by atoms with van der Waals surface area (Å²) in [7, 11) is -5.84. The van der Waals surface area contributed by atoms with E-state index in [1.54, 1.807) is 0 Å². The van der Waals surface area contributed by atoms with Gasteiger partial charge in [-0.05, 0) is 42.5 Å². The van der Waals surface area contributed by atoms with Crippen LogP contribution in [0, 0.1) is 5.92 Å². The number of rotatable bonds is 13. The van der Waals surface area contributed by atoms with Crippen LogP contribution in [-0.4, -0.2) is 70.5 Å². The number of fused-ring (bicyclic) bond motifs is 1. The average Bonchev–Trinajstić information content (AvgIpc) is 3.42. The van der Waals surface area contributed by atoms with Gasteiger partial charge in [-0.2, -0.15) is 4.98 Å². The number of esters is 1. The molecule has 3 rings (SSSR count). The molecule has 2 aromatic heterocycles. The Labute approximate surface area is 247 Å². The van der Waals surface area contributed by atoms with Crippen molar-refractivity contribution in [3.63, 3.8) is 0 Å². The fourth-order valence-corrected chi connectivity index (χ4v) is 5.90. The number of hydrogen-bond acceptors (Lipinski definition) is 12. The summed E-state index contributed by atoms with van der Waals surface area (Å²) >= 11 is 0. The quantitative estimate of drug-likeness (QED) is 0.188. The zero-order chi connectivity index (χ0) is 31.6. The van der Waals surface area contributed by atoms with E-state index in [1.807, 2.05) is 47.7 Å². The van der Waals surface area contributed by atoms with Crippen LogP contribution in [0.2, 0.25) is 18.1 Å². The van der Waals surface area contributed by atoms with Crippen LogP contribution in [-0.2, 0) is 32.6 Å². The van der Waals surface area contributed by atoms with Gasteiger partial charge < -0.3 is 28.9 Å². The first-order valence-electron chi connectivity index (χ1n) is 14.0. The molecule has 0 radical (unpaired) electrons. The van der Waals surface area contributed by atoms with E-state index in [1.165, 1.54) is 24.7 Å². The van der Waals surface area contributed by atoms with Gasteiger partial charge >= 0.3 is 14.2 Å². The van der Waals surface area contributed by atoms with Gasteiger partial charge in [0.15, 0.2) is 31.8 Å². The molecular formula is C26H42N5O9PSi. The van der Waals surface area contributed by atoms with Gasteiger partial charge in [0, 0.05) is 13.0 Å². The first kappa shape index (κ1) is 33.9. The van der Waals surface area contributed by atoms with Crippen molar-refractivity contribution in [1.82, 2.24) is 19.5 Å². The predicted octanol–water partition coefficient (Wildman–Crippen LogP) is 3.18. The summed E-state index contributed by atoms with van der Waals surface area (Å²) in [6.07, 6.45) is -4.05. The van der Waals surface area contributed by atoms with Gasteiger partial charge in [0.2, 0.25) is 5.95 Å². The lowest BCUT2D eigenvalue weighted by Gasteiger charge is -2.40. The Morgan fingerprint density at radius 3 is 2.48 bits per heavy atom. The highest BCUT2D eigenvalue weighted by atomic mass is 31.1. The highest BCUT2D eigenvalue weighted by Gasteiger charge is 2.55. The molecule has 1 aliphatic rings. The Bertz CT molecular complexity index is 1360. The van der Waals surface area contributed by atoms with Crippen LogP contribution in [0.4, 0.5) is 5.95 Å². The van der Waals surface area contributed by atoms with Crippen LogP contribution < -0.4 is 15.8 Å². The van der Waals surface area contributed by atoms with Gasteiger partial charge in [0.1, 0.15) is 24.1 Å². The number of H-pyrrole nitrogens is 1. The van der Waals surface area contributed by atoms with Crippen LogP contribution >= 0.6 is 8.25 Å². The molecule has 234 valence electrons. The molecule has 3 unspecified atom stereocenters. The summed E-state index contributed by atoms with van der Waals surface area (Å²) in [5, 5.41) is 2.84. The van der Waals surface area contributed by atoms with E-state index in [9.17, 15) is 23.8 Å². The maximum atomic E-state index is 12.9. The molecule has 1 saturated heterocycles. The first-order chi connectivity index (χ1) is 19.4. The highest BCUT2D eigenvalue weighted by Crippen LogP contribution is 2.44. The van der Waals surface area contributed by atoms with Crippen molar-refractivity contribution in [3.05, 3.63) is 16.7 Å². The van der Waals surface area contributed by atoms with Crippen molar-refractivity contribution in [2.45, 2.75) is 110 Å². The Balaban J connectivity index is 2.14. The number of anilines is 1. The first-order valence-corrected chi connectivity index (χ1v) is 18.0. The maximum absolute atomic E-state index is 12.9. The summed E-state index contributed by atoms with van der Waals surface area (Å²) in [5.41, 5.74) is -0.205. The monoisotopic (exact) mass is 627 g/mol. The van der Waals surface area contributed by atoms with Crippen molar-refractivity contribution >= 4 is 45.4 Å². The van der Waals surface area contributed by atoms with Crippen LogP contribution in [0.25, 0.3) is 11.2 Å². The molecule has 1 fully saturated rings. The van der Waals surface area contributed by atoms with Gasteiger partial charge in [0.05, 0.1) is 12.7 Å². The molecule has 0 aliphatic carbocycles. The van der Waals surface area contributed by atoms with Crippen molar-refractivity contribution < 1.29 is 37.5 Å². The minimum Gasteiger partial charge on any atom is -0.566 e. The third-order valence-electron chi connectivity index (χ3n) is 7.51. The summed E-state index contributed by atoms with van der Waals surface area (Å²) in [5.74, 6) is -0.324. The molecule has 6 atom stereocenters. The van der Waals surface area contributed by atoms with Crippen molar-refractivity contribution in [2.75, 3.05) is 11.9 Å². The summed E-state index contributed by atoms with van der Waals surface area (Å²) in [4.78, 5) is 60.3. The van der Waals surface area contributed by atoms with E-state index in [-0.39, 0.29) is 46.7 Å². The van der Waals surface area contributed by atoms with Gasteiger partial charge in [-0.1, -0.05) is 34.6 Å². The Kier molecular flexibility index (Phi) is 10.8. The molecule has 0 amide bonds. The van der Waals surface area contributed by atoms with Crippen LogP contribution in [0.15, 0.2) is 11.1 Å². The molecule has 0 spiro atoms. The molecule has 14 nitrogen and oxygen atoms in total. The average molecular weight is 628 g/mol. The number of carbonyl (C=O) groups excluding carboxylic acids is 2. The smallest absolute Gasteiger partial charge is 0.488 e. The number of nitrogens with one attached hydrogen (secondary N) is 2. The number of hydrogen-bond donors (Lipinski definition) is 2. The number of carbonyl (C=O) groups is 2. The van der Waals surface area contributed by atoms with E-state index in [2.05, 4.69) is 20.3 Å². The van der Waals surface area contributed by atoms with Gasteiger partial charge in [-0.25, -0.2) is 4.98 Å². The predicted molar refractivity (Wildman–Crippen MR) is 155 cm³/mol. The molecule has 2 N–H and O–H groups in total. The van der Waals surface area contributed by atoms with Crippen LogP contribution in [0.1, 0.15) is 67.5 Å². The number of aromatic amines is 1. The van der Waals surface area contributed by atoms with Gasteiger partial charge in [0.25, 0.3) is 5.56 Å². The standard InChI is InChI=1S/C26H42N5O9PSi/c1-14(2)12-27-25-29-22-18(23(34)30-25)28-13-31(22)24-21(40-42(8,9)26(5,6)7)20(37-17(33)11-10-15(3)32)19(38-24)16(4)39-41(35)36/h13-14,16,19-21,24H,10-12H2,1-9H3,(H2,27,29,30,34)/t16?,19-,20?,21+,24-/m1/s1. The molecule has 3 heterocycles. The summed E-state index contributed by atoms with van der Waals surface area (Å²) < 4.78 is 37.1. The second-order valence-electron chi connectivity index (χ2n) is 12.5. The second-order valence-corrected chi connectivity index (χ2v) is 18.0. The van der Waals surface area contributed by atoms with Crippen molar-refractivity contribution in [3.8, 4) is 0 Å². The molecule has 16 heteroatoms. The van der Waals surface area contributed by atoms with Crippen molar-refractivity contribution in [2.24, 2.45) is 5.92 Å². The SMILES string of the molecule is CC(=O)CCC(=O)OC1[C@@H](C(C)O[P+](=O)[O-])O[C@@H](n2cnc3c(=O)[nH]c(NCC(C)C)nc32)[C@H]1O[Si](C)(C)C(C)(C)C. The number of ketones is 1. The minimum absolute atomic E-state index is 0.0161. The number of imidazole rings is 1. The van der Waals surface area contributed by atoms with Crippen LogP contribution in [0.3, 0.4) is 0 Å². The summed E-state index contributed by atoms with van der Waals surface area (Å²) in [6.45, 7) is 17.6. The lowest BCUT2D eigenvalue weighted by molar-refractivity contribution is -0.195. The molecule has 0 saturated carbocycles. The van der Waals surface area contributed by atoms with E-state index >= 15 is 0 Å². The Hall–Kier alpha value is -2.55. The minimum atomic E-state index is -3.26. The zero-order valence-corrected chi connectivity index (χ0v) is 27.5. The van der Waals surface area contributed by atoms with Crippen molar-refractivity contribution in [1.29, 1.82) is 0 Å². The molecule has 2 aromatic rings. The zero-order valence-electron chi connectivity index (χ0n) is 25.6. The Morgan fingerprint density at radius 2 is 1.90 bits per heavy atom. The third kappa shape index (κ3) is 8.08. The normalized spacial score (nSPS) is 22.4. The van der Waals surface area contributed by atoms with E-state index in [0.717, 1.165) is 0 Å². The number of Topliss-reactive ketones (excluding diaryl/α,β-unsaturated/α-hetero) is 1. The lowest BCUT2D eigenvalue weighted by Crippen LogP contribution is -2.50. The topological polar surface area (TPSA) is 187 Å². The Morgan fingerprint density at radius 1 is 1.24 bits per heavy atom. The van der Waals surface area contributed by atoms with E-state index in [4.69, 9.17) is 18.4 Å². The molecule has 0 bridgehead atoms. The molecule has 0 aromatic carbocycles. The summed E-state index contributed by atoms with van der Waals surface area (Å²) in [6, 6.07) is 0. The van der Waals surface area contributed by atoms with Crippen LogP contribution in [0.5, 0.6) is 0 Å². The second kappa shape index (κ2) is 13.4. The molecular weight excluding hydrogens is 585 g/mol. The fourth-order valence-electron chi connectivity index (χ4n) is 4.22. The fraction of sp³-hybridized carbons (Fsp3) is 0.731. The number of aromatic nitrogens is 4. The highest BCUT2D eigenvalue weighted by molar-refractivity contribution is 7.30. The third-order valence-corrected chi connectivity index (χ3v) is 12.5. The number of nitrogens with zero attached hydrogens (tertiary/aromatic N) is 3.